The van der Waals surface area contributed by atoms with Crippen molar-refractivity contribution in [2.75, 3.05) is 0 Å². The lowest BCUT2D eigenvalue weighted by atomic mass is 9.73. The topological polar surface area (TPSA) is 68.3 Å². The Kier molecular flexibility index (Phi) is 3.28. The number of aromatic nitrogens is 2. The quantitative estimate of drug-likeness (QED) is 0.822. The third-order valence-electron chi connectivity index (χ3n) is 3.70. The van der Waals surface area contributed by atoms with Crippen molar-refractivity contribution in [3.63, 3.8) is 0 Å². The van der Waals surface area contributed by atoms with E-state index in [-0.39, 0.29) is 5.78 Å². The van der Waals surface area contributed by atoms with E-state index in [0.717, 1.165) is 10.2 Å². The van der Waals surface area contributed by atoms with Crippen LogP contribution in [0.25, 0.3) is 5.57 Å². The Morgan fingerprint density at radius 2 is 2.19 bits per heavy atom. The molecule has 0 bridgehead atoms. The largest absolute Gasteiger partial charge is 0.334 e. The molecule has 1 aromatic heterocycles. The molecule has 1 aliphatic carbocycles. The van der Waals surface area contributed by atoms with Crippen molar-refractivity contribution in [3.8, 4) is 0 Å². The van der Waals surface area contributed by atoms with Gasteiger partial charge in [0.15, 0.2) is 11.6 Å². The highest BCUT2D eigenvalue weighted by atomic mass is 79.9. The minimum Gasteiger partial charge on any atom is -0.334 e. The van der Waals surface area contributed by atoms with Crippen LogP contribution in [-0.4, -0.2) is 21.6 Å². The molecule has 1 aromatic rings. The van der Waals surface area contributed by atoms with Gasteiger partial charge in [0.05, 0.1) is 16.7 Å². The third kappa shape index (κ3) is 2.14. The second-order valence-corrected chi connectivity index (χ2v) is 6.07. The zero-order valence-electron chi connectivity index (χ0n) is 12.0. The van der Waals surface area contributed by atoms with E-state index in [1.54, 1.807) is 13.0 Å². The molecular weight excluding hydrogens is 334 g/mol. The van der Waals surface area contributed by atoms with E-state index in [4.69, 9.17) is 4.52 Å². The van der Waals surface area contributed by atoms with Gasteiger partial charge in [0, 0.05) is 16.3 Å². The normalized spacial score (nSPS) is 24.9. The number of rotatable bonds is 2. The maximum Gasteiger partial charge on any atom is 0.260 e. The predicted molar refractivity (Wildman–Crippen MR) is 82.9 cm³/mol. The predicted octanol–water partition coefficient (Wildman–Crippen LogP) is 3.38. The Labute approximate surface area is 130 Å². The van der Waals surface area contributed by atoms with Crippen LogP contribution < -0.4 is 0 Å². The number of nitrogens with zero attached hydrogens (tertiary/aromatic N) is 3. The van der Waals surface area contributed by atoms with Crippen LogP contribution >= 0.6 is 15.9 Å². The SMILES string of the molecule is CCC1=CC(=O)C2(C)C=CC(Br)=C(c3nc(C)no3)C2=N1. The van der Waals surface area contributed by atoms with Crippen molar-refractivity contribution in [2.45, 2.75) is 27.2 Å². The van der Waals surface area contributed by atoms with Gasteiger partial charge in [-0.2, -0.15) is 4.98 Å². The second-order valence-electron chi connectivity index (χ2n) is 5.22. The molecule has 0 saturated carbocycles. The summed E-state index contributed by atoms with van der Waals surface area (Å²) >= 11 is 3.50. The summed E-state index contributed by atoms with van der Waals surface area (Å²) in [7, 11) is 0. The van der Waals surface area contributed by atoms with Crippen molar-refractivity contribution in [3.05, 3.63) is 40.1 Å². The van der Waals surface area contributed by atoms with E-state index in [1.165, 1.54) is 0 Å². The van der Waals surface area contributed by atoms with Crippen LogP contribution in [0.15, 0.2) is 37.9 Å². The smallest absolute Gasteiger partial charge is 0.260 e. The molecule has 0 saturated heterocycles. The molecule has 5 nitrogen and oxygen atoms in total. The molecule has 2 aliphatic rings. The summed E-state index contributed by atoms with van der Waals surface area (Å²) in [5.74, 6) is 0.941. The summed E-state index contributed by atoms with van der Waals surface area (Å²) in [5, 5.41) is 3.83. The Balaban J connectivity index is 2.23. The van der Waals surface area contributed by atoms with Gasteiger partial charge in [-0.25, -0.2) is 0 Å². The van der Waals surface area contributed by atoms with Crippen LogP contribution in [0.5, 0.6) is 0 Å². The number of hydrogen-bond acceptors (Lipinski definition) is 5. The molecule has 0 aromatic carbocycles. The molecule has 0 spiro atoms. The van der Waals surface area contributed by atoms with E-state index in [0.29, 0.717) is 29.4 Å². The number of allylic oxidation sites excluding steroid dienone is 6. The number of aryl methyl sites for hydroxylation is 1. The molecule has 0 radical (unpaired) electrons. The number of fused-ring (bicyclic) bond motifs is 1. The molecule has 1 aliphatic heterocycles. The van der Waals surface area contributed by atoms with Crippen LogP contribution in [0.3, 0.4) is 0 Å². The number of halogens is 1. The van der Waals surface area contributed by atoms with Crippen molar-refractivity contribution in [1.82, 2.24) is 10.1 Å². The van der Waals surface area contributed by atoms with Crippen LogP contribution in [0.4, 0.5) is 0 Å². The highest BCUT2D eigenvalue weighted by molar-refractivity contribution is 9.12. The Morgan fingerprint density at radius 3 is 2.81 bits per heavy atom. The van der Waals surface area contributed by atoms with E-state index in [2.05, 4.69) is 31.1 Å². The van der Waals surface area contributed by atoms with Gasteiger partial charge in [-0.15, -0.1) is 0 Å². The van der Waals surface area contributed by atoms with Gasteiger partial charge < -0.3 is 4.52 Å². The van der Waals surface area contributed by atoms with Crippen molar-refractivity contribution >= 4 is 33.0 Å². The van der Waals surface area contributed by atoms with Gasteiger partial charge in [0.2, 0.25) is 0 Å². The summed E-state index contributed by atoms with van der Waals surface area (Å²) in [6.45, 7) is 5.58. The van der Waals surface area contributed by atoms with Gasteiger partial charge in [0.25, 0.3) is 5.89 Å². The van der Waals surface area contributed by atoms with Crippen LogP contribution in [0.1, 0.15) is 32.0 Å². The summed E-state index contributed by atoms with van der Waals surface area (Å²) < 4.78 is 6.06. The minimum absolute atomic E-state index is 0.0225. The van der Waals surface area contributed by atoms with Crippen molar-refractivity contribution in [1.29, 1.82) is 0 Å². The summed E-state index contributed by atoms with van der Waals surface area (Å²) in [6, 6.07) is 0. The molecule has 21 heavy (non-hydrogen) atoms. The molecule has 1 atom stereocenters. The molecule has 0 N–H and O–H groups in total. The first-order valence-electron chi connectivity index (χ1n) is 6.70. The zero-order valence-corrected chi connectivity index (χ0v) is 13.6. The van der Waals surface area contributed by atoms with Gasteiger partial charge in [-0.05, 0) is 42.3 Å². The van der Waals surface area contributed by atoms with Gasteiger partial charge in [-0.1, -0.05) is 18.2 Å². The Hall–Kier alpha value is -1.82. The molecule has 2 heterocycles. The first-order valence-corrected chi connectivity index (χ1v) is 7.49. The molecule has 0 fully saturated rings. The number of aliphatic imine (C=N–C) groups is 1. The molecule has 0 amide bonds. The van der Waals surface area contributed by atoms with E-state index >= 15 is 0 Å². The van der Waals surface area contributed by atoms with E-state index < -0.39 is 5.41 Å². The molecule has 6 heteroatoms. The lowest BCUT2D eigenvalue weighted by Crippen LogP contribution is -2.38. The second kappa shape index (κ2) is 4.87. The number of carbonyl (C=O) groups excluding carboxylic acids is 1. The molecule has 3 rings (SSSR count). The zero-order chi connectivity index (χ0) is 15.2. The first kappa shape index (κ1) is 14.1. The highest BCUT2D eigenvalue weighted by Gasteiger charge is 2.43. The Morgan fingerprint density at radius 1 is 1.43 bits per heavy atom. The number of carbonyl (C=O) groups is 1. The fourth-order valence-corrected chi connectivity index (χ4v) is 2.90. The van der Waals surface area contributed by atoms with E-state index in [1.807, 2.05) is 26.0 Å². The standard InChI is InChI=1S/C15H14BrN3O2/c1-4-9-7-11(20)15(3)6-5-10(16)12(13(15)18-9)14-17-8(2)19-21-14/h5-7H,4H2,1-3H3. The minimum atomic E-state index is -0.784. The third-order valence-corrected chi connectivity index (χ3v) is 4.36. The number of ketones is 1. The maximum absolute atomic E-state index is 12.5. The summed E-state index contributed by atoms with van der Waals surface area (Å²) in [4.78, 5) is 21.4. The van der Waals surface area contributed by atoms with Gasteiger partial charge in [0.1, 0.15) is 0 Å². The van der Waals surface area contributed by atoms with Gasteiger partial charge >= 0.3 is 0 Å². The van der Waals surface area contributed by atoms with Crippen molar-refractivity contribution in [2.24, 2.45) is 10.4 Å². The molecule has 1 unspecified atom stereocenters. The average Bonchev–Trinajstić information content (AvgIpc) is 2.87. The Bertz CT molecular complexity index is 755. The fraction of sp³-hybridized carbons (Fsp3) is 0.333. The maximum atomic E-state index is 12.5. The summed E-state index contributed by atoms with van der Waals surface area (Å²) in [6.07, 6.45) is 6.01. The molecule has 108 valence electrons. The van der Waals surface area contributed by atoms with Gasteiger partial charge in [-0.3, -0.25) is 9.79 Å². The highest BCUT2D eigenvalue weighted by Crippen LogP contribution is 2.42. The number of hydrogen-bond donors (Lipinski definition) is 0. The lowest BCUT2D eigenvalue weighted by Gasteiger charge is -2.32. The molecular formula is C15H14BrN3O2. The fourth-order valence-electron chi connectivity index (χ4n) is 2.41. The van der Waals surface area contributed by atoms with Crippen LogP contribution in [0, 0.1) is 12.3 Å². The lowest BCUT2D eigenvalue weighted by molar-refractivity contribution is -0.118. The summed E-state index contributed by atoms with van der Waals surface area (Å²) in [5.41, 5.74) is 1.32. The monoisotopic (exact) mass is 347 g/mol. The first-order chi connectivity index (χ1) is 9.95. The van der Waals surface area contributed by atoms with Crippen LogP contribution in [-0.2, 0) is 4.79 Å². The average molecular weight is 348 g/mol. The van der Waals surface area contributed by atoms with Crippen LogP contribution in [0.2, 0.25) is 0 Å². The van der Waals surface area contributed by atoms with E-state index in [9.17, 15) is 4.79 Å². The van der Waals surface area contributed by atoms with Crippen molar-refractivity contribution < 1.29 is 9.32 Å².